The van der Waals surface area contributed by atoms with Crippen LogP contribution in [0.1, 0.15) is 41.0 Å². The molecule has 3 rings (SSSR count). The molecule has 0 saturated carbocycles. The van der Waals surface area contributed by atoms with Gasteiger partial charge in [0.1, 0.15) is 5.75 Å². The van der Waals surface area contributed by atoms with E-state index in [4.69, 9.17) is 4.74 Å². The average Bonchev–Trinajstić information content (AvgIpc) is 2.79. The second-order valence-corrected chi connectivity index (χ2v) is 6.80. The Hall–Kier alpha value is -3.60. The van der Waals surface area contributed by atoms with Crippen molar-refractivity contribution in [1.29, 1.82) is 0 Å². The molecule has 0 heterocycles. The zero-order valence-electron chi connectivity index (χ0n) is 17.3. The van der Waals surface area contributed by atoms with E-state index in [1.54, 1.807) is 47.4 Å². The molecule has 154 valence electrons. The molecule has 0 unspecified atom stereocenters. The van der Waals surface area contributed by atoms with Crippen LogP contribution in [0.4, 0.5) is 11.4 Å². The van der Waals surface area contributed by atoms with E-state index in [0.29, 0.717) is 35.7 Å². The Morgan fingerprint density at radius 2 is 1.60 bits per heavy atom. The molecule has 0 aliphatic carbocycles. The van der Waals surface area contributed by atoms with Gasteiger partial charge in [-0.15, -0.1) is 0 Å². The maximum atomic E-state index is 13.0. The molecule has 0 aliphatic heterocycles. The molecule has 0 radical (unpaired) electrons. The van der Waals surface area contributed by atoms with E-state index in [2.05, 4.69) is 5.32 Å². The van der Waals surface area contributed by atoms with Crippen molar-refractivity contribution in [1.82, 2.24) is 0 Å². The van der Waals surface area contributed by atoms with Crippen LogP contribution >= 0.6 is 0 Å². The Balaban J connectivity index is 1.75. The van der Waals surface area contributed by atoms with Crippen molar-refractivity contribution < 1.29 is 14.3 Å². The smallest absolute Gasteiger partial charge is 0.258 e. The van der Waals surface area contributed by atoms with E-state index >= 15 is 0 Å². The van der Waals surface area contributed by atoms with E-state index in [1.807, 2.05) is 50.2 Å². The van der Waals surface area contributed by atoms with Crippen molar-refractivity contribution in [3.05, 3.63) is 90.0 Å². The highest BCUT2D eigenvalue weighted by Gasteiger charge is 2.17. The van der Waals surface area contributed by atoms with Gasteiger partial charge in [0.05, 0.1) is 6.61 Å². The molecule has 0 saturated heterocycles. The monoisotopic (exact) mass is 402 g/mol. The maximum absolute atomic E-state index is 13.0. The molecule has 0 aromatic heterocycles. The van der Waals surface area contributed by atoms with Crippen molar-refractivity contribution in [2.75, 3.05) is 23.4 Å². The van der Waals surface area contributed by atoms with Crippen LogP contribution in [-0.4, -0.2) is 25.0 Å². The van der Waals surface area contributed by atoms with Crippen molar-refractivity contribution in [3.8, 4) is 5.75 Å². The first-order chi connectivity index (χ1) is 14.6. The summed E-state index contributed by atoms with van der Waals surface area (Å²) in [7, 11) is 0. The summed E-state index contributed by atoms with van der Waals surface area (Å²) in [5.41, 5.74) is 2.41. The summed E-state index contributed by atoms with van der Waals surface area (Å²) in [5.74, 6) is 0.293. The fourth-order valence-corrected chi connectivity index (χ4v) is 3.09. The van der Waals surface area contributed by atoms with Gasteiger partial charge >= 0.3 is 0 Å². The van der Waals surface area contributed by atoms with E-state index in [-0.39, 0.29) is 11.8 Å². The van der Waals surface area contributed by atoms with Crippen LogP contribution in [0, 0.1) is 0 Å². The molecular weight excluding hydrogens is 376 g/mol. The Labute approximate surface area is 177 Å². The minimum Gasteiger partial charge on any atom is -0.494 e. The predicted octanol–water partition coefficient (Wildman–Crippen LogP) is 5.39. The number of carbonyl (C=O) groups excluding carboxylic acids is 2. The van der Waals surface area contributed by atoms with Crippen LogP contribution in [0.15, 0.2) is 78.9 Å². The summed E-state index contributed by atoms with van der Waals surface area (Å²) in [5, 5.41) is 2.87. The summed E-state index contributed by atoms with van der Waals surface area (Å²) >= 11 is 0. The Bertz CT molecular complexity index is 1000. The van der Waals surface area contributed by atoms with Crippen molar-refractivity contribution in [2.24, 2.45) is 0 Å². The third-order valence-electron chi connectivity index (χ3n) is 4.57. The number of anilines is 2. The lowest BCUT2D eigenvalue weighted by molar-refractivity contribution is 0.0985. The topological polar surface area (TPSA) is 58.6 Å². The minimum atomic E-state index is -0.253. The third-order valence-corrected chi connectivity index (χ3v) is 4.57. The second kappa shape index (κ2) is 10.3. The molecule has 0 atom stereocenters. The number of para-hydroxylation sites is 1. The van der Waals surface area contributed by atoms with Gasteiger partial charge in [-0.1, -0.05) is 37.3 Å². The molecule has 0 fully saturated rings. The number of carbonyl (C=O) groups is 2. The molecule has 5 heteroatoms. The third kappa shape index (κ3) is 5.26. The fraction of sp³-hybridized carbons (Fsp3) is 0.200. The van der Waals surface area contributed by atoms with Crippen LogP contribution < -0.4 is 15.0 Å². The highest BCUT2D eigenvalue weighted by atomic mass is 16.5. The van der Waals surface area contributed by atoms with Crippen molar-refractivity contribution >= 4 is 23.2 Å². The Kier molecular flexibility index (Phi) is 7.22. The zero-order valence-corrected chi connectivity index (χ0v) is 17.3. The molecule has 2 amide bonds. The summed E-state index contributed by atoms with van der Waals surface area (Å²) < 4.78 is 5.60. The number of nitrogens with one attached hydrogen (secondary N) is 1. The summed E-state index contributed by atoms with van der Waals surface area (Å²) in [4.78, 5) is 27.4. The summed E-state index contributed by atoms with van der Waals surface area (Å²) in [6.45, 7) is 5.11. The van der Waals surface area contributed by atoms with E-state index in [9.17, 15) is 9.59 Å². The maximum Gasteiger partial charge on any atom is 0.258 e. The Morgan fingerprint density at radius 3 is 2.33 bits per heavy atom. The lowest BCUT2D eigenvalue weighted by Crippen LogP contribution is -2.30. The van der Waals surface area contributed by atoms with Gasteiger partial charge in [0.2, 0.25) is 0 Å². The second-order valence-electron chi connectivity index (χ2n) is 6.80. The first kappa shape index (κ1) is 21.1. The molecule has 3 aromatic carbocycles. The van der Waals surface area contributed by atoms with Gasteiger partial charge < -0.3 is 15.0 Å². The Morgan fingerprint density at radius 1 is 0.867 bits per heavy atom. The predicted molar refractivity (Wildman–Crippen MR) is 120 cm³/mol. The molecule has 1 N–H and O–H groups in total. The normalized spacial score (nSPS) is 10.3. The molecule has 0 spiro atoms. The van der Waals surface area contributed by atoms with Crippen LogP contribution in [0.25, 0.3) is 0 Å². The van der Waals surface area contributed by atoms with Crippen molar-refractivity contribution in [2.45, 2.75) is 20.3 Å². The number of rotatable bonds is 8. The van der Waals surface area contributed by atoms with Crippen molar-refractivity contribution in [3.63, 3.8) is 0 Å². The first-order valence-electron chi connectivity index (χ1n) is 10.1. The summed E-state index contributed by atoms with van der Waals surface area (Å²) in [6.07, 6.45) is 0.898. The van der Waals surface area contributed by atoms with Gasteiger partial charge in [-0.3, -0.25) is 9.59 Å². The largest absolute Gasteiger partial charge is 0.494 e. The number of nitrogens with zero attached hydrogens (tertiary/aromatic N) is 1. The number of hydrogen-bond acceptors (Lipinski definition) is 3. The van der Waals surface area contributed by atoms with E-state index in [0.717, 1.165) is 12.1 Å². The van der Waals surface area contributed by atoms with Gasteiger partial charge in [-0.25, -0.2) is 0 Å². The molecule has 0 bridgehead atoms. The standard InChI is InChI=1S/C25H26N2O3/c1-3-16-30-23-15-9-10-19(18-23)24(28)26-21-12-8-11-20(17-21)25(29)27(4-2)22-13-6-5-7-14-22/h5-15,17-18H,3-4,16H2,1-2H3,(H,26,28). The van der Waals surface area contributed by atoms with Gasteiger partial charge in [-0.2, -0.15) is 0 Å². The number of ether oxygens (including phenoxy) is 1. The molecule has 30 heavy (non-hydrogen) atoms. The lowest BCUT2D eigenvalue weighted by atomic mass is 10.1. The van der Waals surface area contributed by atoms with Gasteiger partial charge in [0, 0.05) is 29.0 Å². The van der Waals surface area contributed by atoms with Gasteiger partial charge in [-0.05, 0) is 61.9 Å². The molecule has 0 aliphatic rings. The number of hydrogen-bond donors (Lipinski definition) is 1. The van der Waals surface area contributed by atoms with Crippen LogP contribution in [0.2, 0.25) is 0 Å². The average molecular weight is 402 g/mol. The minimum absolute atomic E-state index is 0.116. The SMILES string of the molecule is CCCOc1cccc(C(=O)Nc2cccc(C(=O)N(CC)c3ccccc3)c2)c1. The van der Waals surface area contributed by atoms with Gasteiger partial charge in [0.15, 0.2) is 0 Å². The summed E-state index contributed by atoms with van der Waals surface area (Å²) in [6, 6.07) is 23.6. The molecule has 3 aromatic rings. The molecular formula is C25H26N2O3. The number of amides is 2. The van der Waals surface area contributed by atoms with Crippen LogP contribution in [-0.2, 0) is 0 Å². The van der Waals surface area contributed by atoms with Crippen LogP contribution in [0.3, 0.4) is 0 Å². The van der Waals surface area contributed by atoms with Crippen LogP contribution in [0.5, 0.6) is 5.75 Å². The highest BCUT2D eigenvalue weighted by molar-refractivity contribution is 6.08. The van der Waals surface area contributed by atoms with E-state index < -0.39 is 0 Å². The first-order valence-corrected chi connectivity index (χ1v) is 10.1. The van der Waals surface area contributed by atoms with E-state index in [1.165, 1.54) is 0 Å². The quantitative estimate of drug-likeness (QED) is 0.549. The highest BCUT2D eigenvalue weighted by Crippen LogP contribution is 2.20. The fourth-order valence-electron chi connectivity index (χ4n) is 3.09. The molecule has 5 nitrogen and oxygen atoms in total. The lowest BCUT2D eigenvalue weighted by Gasteiger charge is -2.21. The number of benzene rings is 3. The van der Waals surface area contributed by atoms with Gasteiger partial charge in [0.25, 0.3) is 11.8 Å². The zero-order chi connectivity index (χ0) is 21.3.